The maximum absolute atomic E-state index is 15.4. The maximum atomic E-state index is 15.4. The number of hydrogen-bond acceptors (Lipinski definition) is 7. The smallest absolute Gasteiger partial charge is 0.416 e. The van der Waals surface area contributed by atoms with Crippen LogP contribution in [0.2, 0.25) is 0 Å². The summed E-state index contributed by atoms with van der Waals surface area (Å²) in [6.07, 6.45) is -2.03. The molecule has 5 rings (SSSR count). The summed E-state index contributed by atoms with van der Waals surface area (Å²) < 4.78 is 96.0. The monoisotopic (exact) mass is 567 g/mol. The first-order valence-electron chi connectivity index (χ1n) is 12.0. The third-order valence-electron chi connectivity index (χ3n) is 6.79. The molecule has 2 aliphatic rings. The zero-order valence-electron chi connectivity index (χ0n) is 20.7. The van der Waals surface area contributed by atoms with Crippen molar-refractivity contribution in [1.29, 1.82) is 0 Å². The van der Waals surface area contributed by atoms with Crippen LogP contribution in [0.1, 0.15) is 12.0 Å². The van der Waals surface area contributed by atoms with Crippen LogP contribution in [0.15, 0.2) is 55.0 Å². The van der Waals surface area contributed by atoms with E-state index in [1.54, 1.807) is 0 Å². The van der Waals surface area contributed by atoms with Gasteiger partial charge in [0, 0.05) is 37.5 Å². The molecule has 2 fully saturated rings. The second-order valence-corrected chi connectivity index (χ2v) is 10.8. The minimum absolute atomic E-state index is 0.0248. The molecule has 1 N–H and O–H groups in total. The van der Waals surface area contributed by atoms with Gasteiger partial charge in [0.15, 0.2) is 0 Å². The second-order valence-electron chi connectivity index (χ2n) is 9.10. The molecule has 0 aliphatic carbocycles. The van der Waals surface area contributed by atoms with Crippen LogP contribution >= 0.6 is 0 Å². The summed E-state index contributed by atoms with van der Waals surface area (Å²) in [6, 6.07) is 8.25. The van der Waals surface area contributed by atoms with Gasteiger partial charge in [-0.15, -0.1) is 0 Å². The zero-order chi connectivity index (χ0) is 27.8. The molecule has 9 nitrogen and oxygen atoms in total. The number of hydrogen-bond donors (Lipinski definition) is 1. The van der Waals surface area contributed by atoms with Gasteiger partial charge in [-0.1, -0.05) is 12.1 Å². The van der Waals surface area contributed by atoms with Gasteiger partial charge in [0.2, 0.25) is 0 Å². The Hall–Kier alpha value is -3.49. The van der Waals surface area contributed by atoms with E-state index in [1.807, 2.05) is 4.90 Å². The van der Waals surface area contributed by atoms with Crippen molar-refractivity contribution in [2.45, 2.75) is 24.7 Å². The van der Waals surface area contributed by atoms with Gasteiger partial charge in [-0.05, 0) is 36.2 Å². The highest BCUT2D eigenvalue weighted by atomic mass is 32.2. The highest BCUT2D eigenvalue weighted by Gasteiger charge is 2.41. The van der Waals surface area contributed by atoms with E-state index in [0.29, 0.717) is 18.7 Å². The van der Waals surface area contributed by atoms with E-state index in [9.17, 15) is 21.6 Å². The largest absolute Gasteiger partial charge is 0.495 e. The van der Waals surface area contributed by atoms with E-state index < -0.39 is 33.9 Å². The number of alkyl halides is 3. The quantitative estimate of drug-likeness (QED) is 0.451. The van der Waals surface area contributed by atoms with Crippen molar-refractivity contribution >= 4 is 21.7 Å². The molecule has 2 unspecified atom stereocenters. The highest BCUT2D eigenvalue weighted by molar-refractivity contribution is 7.90. The number of ether oxygens (including phenoxy) is 2. The van der Waals surface area contributed by atoms with Gasteiger partial charge in [-0.3, -0.25) is 4.72 Å². The molecule has 14 heteroatoms. The van der Waals surface area contributed by atoms with E-state index in [4.69, 9.17) is 9.47 Å². The molecule has 3 heterocycles. The number of nitrogens with one attached hydrogen (secondary N) is 1. The van der Waals surface area contributed by atoms with Gasteiger partial charge in [-0.25, -0.2) is 14.4 Å². The van der Waals surface area contributed by atoms with Gasteiger partial charge in [-0.2, -0.15) is 25.9 Å². The van der Waals surface area contributed by atoms with E-state index in [-0.39, 0.29) is 48.4 Å². The number of anilines is 2. The van der Waals surface area contributed by atoms with Crippen molar-refractivity contribution < 1.29 is 35.5 Å². The number of morpholine rings is 1. The van der Waals surface area contributed by atoms with Gasteiger partial charge in [0.05, 0.1) is 37.1 Å². The lowest BCUT2D eigenvalue weighted by Gasteiger charge is -2.47. The van der Waals surface area contributed by atoms with E-state index in [0.717, 1.165) is 12.1 Å². The molecule has 0 radical (unpaired) electrons. The zero-order valence-corrected chi connectivity index (χ0v) is 21.5. The molecule has 1 aromatic heterocycles. The van der Waals surface area contributed by atoms with Crippen LogP contribution in [-0.4, -0.2) is 68.2 Å². The molecule has 0 spiro atoms. The summed E-state index contributed by atoms with van der Waals surface area (Å²) in [5, 5.41) is 0. The molecule has 208 valence electrons. The lowest BCUT2D eigenvalue weighted by molar-refractivity contribution is -0.137. The average molecular weight is 568 g/mol. The third-order valence-corrected chi connectivity index (χ3v) is 8.26. The number of methoxy groups -OCH3 is 1. The molecule has 2 atom stereocenters. The van der Waals surface area contributed by atoms with Crippen molar-refractivity contribution in [3.8, 4) is 16.9 Å². The fourth-order valence-corrected chi connectivity index (χ4v) is 6.15. The summed E-state index contributed by atoms with van der Waals surface area (Å²) >= 11 is 0. The highest BCUT2D eigenvalue weighted by Crippen LogP contribution is 2.40. The first-order valence-corrected chi connectivity index (χ1v) is 13.5. The summed E-state index contributed by atoms with van der Waals surface area (Å²) in [7, 11) is -2.51. The normalized spacial score (nSPS) is 20.4. The lowest BCUT2D eigenvalue weighted by atomic mass is 9.97. The number of aromatic nitrogens is 2. The molecular formula is C25H25F4N5O4S. The minimum atomic E-state index is -4.56. The van der Waals surface area contributed by atoms with Crippen molar-refractivity contribution in [2.24, 2.45) is 0 Å². The average Bonchev–Trinajstić information content (AvgIpc) is 2.92. The van der Waals surface area contributed by atoms with Crippen molar-refractivity contribution in [3.63, 3.8) is 0 Å². The van der Waals surface area contributed by atoms with Crippen LogP contribution in [0.4, 0.5) is 29.1 Å². The molecule has 0 saturated carbocycles. The van der Waals surface area contributed by atoms with Crippen LogP contribution in [0.5, 0.6) is 5.75 Å². The van der Waals surface area contributed by atoms with Crippen LogP contribution in [-0.2, 0) is 21.1 Å². The van der Waals surface area contributed by atoms with Gasteiger partial charge in [0.25, 0.3) is 0 Å². The Morgan fingerprint density at radius 1 is 1.15 bits per heavy atom. The predicted octanol–water partition coefficient (Wildman–Crippen LogP) is 3.95. The first kappa shape index (κ1) is 27.1. The van der Waals surface area contributed by atoms with Crippen LogP contribution in [0.25, 0.3) is 11.1 Å². The number of rotatable bonds is 6. The van der Waals surface area contributed by atoms with Crippen LogP contribution in [0.3, 0.4) is 0 Å². The van der Waals surface area contributed by atoms with Crippen molar-refractivity contribution in [3.05, 3.63) is 66.4 Å². The van der Waals surface area contributed by atoms with E-state index in [2.05, 4.69) is 14.7 Å². The number of piperidine rings is 1. The molecule has 2 aliphatic heterocycles. The van der Waals surface area contributed by atoms with Crippen LogP contribution in [0, 0.1) is 5.82 Å². The molecular weight excluding hydrogens is 542 g/mol. The lowest BCUT2D eigenvalue weighted by Crippen LogP contribution is -2.60. The SMILES string of the molecule is COc1cc(-c2cccc(C(F)(F)F)c2)c(F)cc1N1CCOC2CN(S(=O)(=O)Nc3ccncn3)CCC21. The summed E-state index contributed by atoms with van der Waals surface area (Å²) in [6.45, 7) is 0.892. The van der Waals surface area contributed by atoms with Gasteiger partial charge < -0.3 is 14.4 Å². The minimum Gasteiger partial charge on any atom is -0.495 e. The fraction of sp³-hybridized carbons (Fsp3) is 0.360. The summed E-state index contributed by atoms with van der Waals surface area (Å²) in [5.41, 5.74) is -0.418. The Morgan fingerprint density at radius 2 is 1.97 bits per heavy atom. The summed E-state index contributed by atoms with van der Waals surface area (Å²) in [5.74, 6) is -0.286. The molecule has 0 amide bonds. The predicted molar refractivity (Wildman–Crippen MR) is 135 cm³/mol. The molecule has 3 aromatic rings. The Labute approximate surface area is 222 Å². The maximum Gasteiger partial charge on any atom is 0.416 e. The number of fused-ring (bicyclic) bond motifs is 1. The van der Waals surface area contributed by atoms with Gasteiger partial charge >= 0.3 is 16.4 Å². The Balaban J connectivity index is 1.39. The standard InChI is InChI=1S/C25H25F4N5O4S/c1-37-22-12-18(16-3-2-4-17(11-16)25(27,28)29)19(26)13-21(22)34-9-10-38-23-14-33(8-6-20(23)34)39(35,36)32-24-5-7-30-15-31-24/h2-5,7,11-13,15,20,23H,6,8-10,14H2,1H3,(H,30,31,32). The second kappa shape index (κ2) is 10.6. The molecule has 2 saturated heterocycles. The van der Waals surface area contributed by atoms with E-state index >= 15 is 4.39 Å². The topological polar surface area (TPSA) is 96.9 Å². The first-order chi connectivity index (χ1) is 18.6. The molecule has 2 aromatic carbocycles. The number of nitrogens with zero attached hydrogens (tertiary/aromatic N) is 4. The van der Waals surface area contributed by atoms with Gasteiger partial charge in [0.1, 0.15) is 23.7 Å². The Kier molecular flexibility index (Phi) is 7.35. The third kappa shape index (κ3) is 5.63. The fourth-order valence-electron chi connectivity index (χ4n) is 4.94. The van der Waals surface area contributed by atoms with Crippen LogP contribution < -0.4 is 14.4 Å². The number of halogens is 4. The van der Waals surface area contributed by atoms with Crippen molar-refractivity contribution in [2.75, 3.05) is 43.0 Å². The molecule has 39 heavy (non-hydrogen) atoms. The molecule has 0 bridgehead atoms. The number of benzene rings is 2. The Bertz CT molecular complexity index is 1440. The van der Waals surface area contributed by atoms with E-state index in [1.165, 1.54) is 54.3 Å². The summed E-state index contributed by atoms with van der Waals surface area (Å²) in [4.78, 5) is 9.57. The van der Waals surface area contributed by atoms with Crippen molar-refractivity contribution in [1.82, 2.24) is 14.3 Å². The Morgan fingerprint density at radius 3 is 2.69 bits per heavy atom.